The van der Waals surface area contributed by atoms with Gasteiger partial charge in [-0.3, -0.25) is 9.59 Å². The summed E-state index contributed by atoms with van der Waals surface area (Å²) >= 11 is 0. The maximum Gasteiger partial charge on any atom is 0.408 e. The first-order chi connectivity index (χ1) is 15.5. The minimum atomic E-state index is -0.792. The second kappa shape index (κ2) is 12.1. The van der Waals surface area contributed by atoms with Crippen LogP contribution in [0.5, 0.6) is 0 Å². The van der Waals surface area contributed by atoms with Crippen LogP contribution < -0.4 is 10.6 Å². The fourth-order valence-corrected chi connectivity index (χ4v) is 3.74. The largest absolute Gasteiger partial charge is 0.444 e. The molecule has 1 saturated carbocycles. The summed E-state index contributed by atoms with van der Waals surface area (Å²) in [5.74, 6) is -0.608. The minimum Gasteiger partial charge on any atom is -0.444 e. The van der Waals surface area contributed by atoms with Crippen molar-refractivity contribution in [3.8, 4) is 0 Å². The molecule has 1 aromatic rings. The van der Waals surface area contributed by atoms with Gasteiger partial charge in [0.1, 0.15) is 17.7 Å². The summed E-state index contributed by atoms with van der Waals surface area (Å²) < 4.78 is 5.39. The maximum atomic E-state index is 13.8. The summed E-state index contributed by atoms with van der Waals surface area (Å²) in [6.45, 7) is 11.8. The lowest BCUT2D eigenvalue weighted by atomic mass is 9.98. The van der Waals surface area contributed by atoms with Gasteiger partial charge in [-0.25, -0.2) is 4.79 Å². The predicted octanol–water partition coefficient (Wildman–Crippen LogP) is 4.57. The highest BCUT2D eigenvalue weighted by Crippen LogP contribution is 2.36. The number of unbranched alkanes of at least 4 members (excludes halogenated alkanes) is 2. The Morgan fingerprint density at radius 3 is 2.24 bits per heavy atom. The predicted molar refractivity (Wildman–Crippen MR) is 130 cm³/mol. The van der Waals surface area contributed by atoms with Crippen LogP contribution >= 0.6 is 0 Å². The van der Waals surface area contributed by atoms with Crippen LogP contribution in [0.15, 0.2) is 30.3 Å². The molecule has 0 aromatic heterocycles. The normalized spacial score (nSPS) is 15.5. The minimum absolute atomic E-state index is 0.0224. The Hall–Kier alpha value is -2.57. The third kappa shape index (κ3) is 8.37. The first kappa shape index (κ1) is 26.7. The zero-order chi connectivity index (χ0) is 24.6. The molecule has 0 spiro atoms. The lowest BCUT2D eigenvalue weighted by Gasteiger charge is -2.35. The van der Waals surface area contributed by atoms with Crippen molar-refractivity contribution in [1.82, 2.24) is 15.5 Å². The topological polar surface area (TPSA) is 87.7 Å². The third-order valence-corrected chi connectivity index (χ3v) is 5.52. The fourth-order valence-electron chi connectivity index (χ4n) is 3.74. The lowest BCUT2D eigenvalue weighted by Crippen LogP contribution is -2.55. The second-order valence-corrected chi connectivity index (χ2v) is 10.2. The smallest absolute Gasteiger partial charge is 0.408 e. The van der Waals surface area contributed by atoms with Crippen LogP contribution in [0.3, 0.4) is 0 Å². The molecule has 1 aliphatic rings. The average Bonchev–Trinajstić information content (AvgIpc) is 3.57. The number of benzene rings is 1. The first-order valence-corrected chi connectivity index (χ1v) is 12.2. The molecular weight excluding hydrogens is 418 g/mol. The molecule has 1 fully saturated rings. The number of rotatable bonds is 11. The van der Waals surface area contributed by atoms with Crippen molar-refractivity contribution in [3.05, 3.63) is 35.9 Å². The van der Waals surface area contributed by atoms with Gasteiger partial charge in [-0.15, -0.1) is 0 Å². The Balaban J connectivity index is 2.31. The molecule has 3 amide bonds. The van der Waals surface area contributed by atoms with Crippen LogP contribution in [0, 0.1) is 5.92 Å². The lowest BCUT2D eigenvalue weighted by molar-refractivity contribution is -0.144. The summed E-state index contributed by atoms with van der Waals surface area (Å²) in [5, 5.41) is 5.79. The molecule has 0 aliphatic heterocycles. The van der Waals surface area contributed by atoms with Gasteiger partial charge in [-0.2, -0.15) is 0 Å². The first-order valence-electron chi connectivity index (χ1n) is 12.2. The molecule has 0 radical (unpaired) electrons. The van der Waals surface area contributed by atoms with E-state index in [0.29, 0.717) is 6.54 Å². The van der Waals surface area contributed by atoms with Gasteiger partial charge in [0.05, 0.1) is 0 Å². The number of hydrogen-bond donors (Lipinski definition) is 2. The number of ether oxygens (including phenoxy) is 1. The van der Waals surface area contributed by atoms with E-state index in [9.17, 15) is 14.4 Å². The van der Waals surface area contributed by atoms with Gasteiger partial charge in [0.15, 0.2) is 0 Å². The third-order valence-electron chi connectivity index (χ3n) is 5.52. The monoisotopic (exact) mass is 459 g/mol. The van der Waals surface area contributed by atoms with Crippen LogP contribution in [-0.4, -0.2) is 47.0 Å². The van der Waals surface area contributed by atoms with Crippen LogP contribution in [0.2, 0.25) is 0 Å². The van der Waals surface area contributed by atoms with Gasteiger partial charge in [-0.1, -0.05) is 63.9 Å². The molecule has 7 nitrogen and oxygen atoms in total. The number of hydrogen-bond acceptors (Lipinski definition) is 4. The van der Waals surface area contributed by atoms with Gasteiger partial charge < -0.3 is 20.3 Å². The molecule has 1 aromatic carbocycles. The van der Waals surface area contributed by atoms with E-state index in [-0.39, 0.29) is 23.8 Å². The van der Waals surface area contributed by atoms with Crippen molar-refractivity contribution in [2.45, 2.75) is 97.4 Å². The number of alkyl carbamates (subject to hydrolysis) is 1. The zero-order valence-electron chi connectivity index (χ0n) is 21.0. The second-order valence-electron chi connectivity index (χ2n) is 10.2. The Labute approximate surface area is 198 Å². The van der Waals surface area contributed by atoms with E-state index < -0.39 is 23.8 Å². The van der Waals surface area contributed by atoms with Crippen molar-refractivity contribution >= 4 is 17.9 Å². The molecule has 33 heavy (non-hydrogen) atoms. The number of carbonyl (C=O) groups is 3. The van der Waals surface area contributed by atoms with Crippen LogP contribution in [-0.2, 0) is 14.3 Å². The van der Waals surface area contributed by atoms with E-state index in [2.05, 4.69) is 17.6 Å². The van der Waals surface area contributed by atoms with Crippen molar-refractivity contribution in [2.75, 3.05) is 6.54 Å². The Morgan fingerprint density at radius 2 is 1.73 bits per heavy atom. The SMILES string of the molecule is CCCCCNC(=O)C(c1ccccc1)N(C(=O)C(NC(=O)OC(C)(C)C)C(C)C)C1CC1. The van der Waals surface area contributed by atoms with Crippen LogP contribution in [0.4, 0.5) is 4.79 Å². The summed E-state index contributed by atoms with van der Waals surface area (Å²) in [4.78, 5) is 41.4. The summed E-state index contributed by atoms with van der Waals surface area (Å²) in [5.41, 5.74) is 0.0982. The molecule has 2 unspecified atom stereocenters. The van der Waals surface area contributed by atoms with Crippen molar-refractivity contribution in [1.29, 1.82) is 0 Å². The number of nitrogens with one attached hydrogen (secondary N) is 2. The van der Waals surface area contributed by atoms with Gasteiger partial charge in [0.2, 0.25) is 11.8 Å². The highest BCUT2D eigenvalue weighted by molar-refractivity contribution is 5.92. The van der Waals surface area contributed by atoms with E-state index in [0.717, 1.165) is 37.7 Å². The fraction of sp³-hybridized carbons (Fsp3) is 0.654. The van der Waals surface area contributed by atoms with E-state index in [1.165, 1.54) is 0 Å². The van der Waals surface area contributed by atoms with E-state index in [1.807, 2.05) is 44.2 Å². The molecule has 0 heterocycles. The van der Waals surface area contributed by atoms with Gasteiger partial charge >= 0.3 is 6.09 Å². The molecule has 1 aliphatic carbocycles. The maximum absolute atomic E-state index is 13.8. The molecule has 2 rings (SSSR count). The number of amides is 3. The zero-order valence-corrected chi connectivity index (χ0v) is 21.0. The highest BCUT2D eigenvalue weighted by Gasteiger charge is 2.44. The molecule has 2 N–H and O–H groups in total. The Morgan fingerprint density at radius 1 is 1.09 bits per heavy atom. The van der Waals surface area contributed by atoms with Crippen molar-refractivity contribution in [3.63, 3.8) is 0 Å². The van der Waals surface area contributed by atoms with Crippen LogP contribution in [0.1, 0.15) is 85.3 Å². The number of carbonyl (C=O) groups excluding carboxylic acids is 3. The molecule has 7 heteroatoms. The van der Waals surface area contributed by atoms with E-state index in [4.69, 9.17) is 4.74 Å². The molecule has 184 valence electrons. The number of nitrogens with zero attached hydrogens (tertiary/aromatic N) is 1. The summed E-state index contributed by atoms with van der Waals surface area (Å²) in [7, 11) is 0. The van der Waals surface area contributed by atoms with Gasteiger partial charge in [0.25, 0.3) is 0 Å². The summed E-state index contributed by atoms with van der Waals surface area (Å²) in [6.07, 6.45) is 4.06. The van der Waals surface area contributed by atoms with Crippen molar-refractivity contribution in [2.24, 2.45) is 5.92 Å². The van der Waals surface area contributed by atoms with Crippen molar-refractivity contribution < 1.29 is 19.1 Å². The van der Waals surface area contributed by atoms with E-state index in [1.54, 1.807) is 25.7 Å². The standard InChI is InChI=1S/C26H41N3O4/c1-7-8-12-17-27-23(30)22(19-13-10-9-11-14-19)29(20-15-16-20)24(31)21(18(2)3)28-25(32)33-26(4,5)6/h9-11,13-14,18,20-22H,7-8,12,15-17H2,1-6H3,(H,27,30)(H,28,32). The Bertz CT molecular complexity index is 784. The quantitative estimate of drug-likeness (QED) is 0.474. The summed E-state index contributed by atoms with van der Waals surface area (Å²) in [6, 6.07) is 7.85. The molecular formula is C26H41N3O4. The van der Waals surface area contributed by atoms with Gasteiger partial charge in [0, 0.05) is 12.6 Å². The van der Waals surface area contributed by atoms with Crippen LogP contribution in [0.25, 0.3) is 0 Å². The molecule has 2 atom stereocenters. The molecule has 0 saturated heterocycles. The van der Waals surface area contributed by atoms with Gasteiger partial charge in [-0.05, 0) is 51.5 Å². The Kier molecular flexibility index (Phi) is 9.74. The van der Waals surface area contributed by atoms with E-state index >= 15 is 0 Å². The average molecular weight is 460 g/mol. The highest BCUT2D eigenvalue weighted by atomic mass is 16.6. The molecule has 0 bridgehead atoms.